The number of aryl methyl sites for hydroxylation is 2. The molecular formula is C18H20N3O4+. The topological polar surface area (TPSA) is 85.3 Å². The number of rotatable bonds is 5. The van der Waals surface area contributed by atoms with Gasteiger partial charge in [0.2, 0.25) is 6.54 Å². The SMILES string of the molecule is COc1ccc([N+](=O)[O-])cc1NC(=O)C[n+]1ccc2c(c1)CCCC2. The molecule has 1 aromatic heterocycles. The number of methoxy groups -OCH3 is 1. The first-order valence-corrected chi connectivity index (χ1v) is 8.20. The van der Waals surface area contributed by atoms with Gasteiger partial charge in [-0.05, 0) is 37.3 Å². The number of pyridine rings is 1. The van der Waals surface area contributed by atoms with Crippen LogP contribution in [0.1, 0.15) is 24.0 Å². The fraction of sp³-hybridized carbons (Fsp3) is 0.333. The van der Waals surface area contributed by atoms with Gasteiger partial charge in [0.1, 0.15) is 5.75 Å². The van der Waals surface area contributed by atoms with E-state index in [0.717, 1.165) is 12.8 Å². The van der Waals surface area contributed by atoms with Gasteiger partial charge in [-0.25, -0.2) is 0 Å². The average Bonchev–Trinajstić information content (AvgIpc) is 2.61. The van der Waals surface area contributed by atoms with Gasteiger partial charge in [0.05, 0.1) is 17.7 Å². The van der Waals surface area contributed by atoms with Crippen molar-refractivity contribution in [2.24, 2.45) is 0 Å². The summed E-state index contributed by atoms with van der Waals surface area (Å²) in [6.07, 6.45) is 8.43. The first-order chi connectivity index (χ1) is 12.1. The normalized spacial score (nSPS) is 13.0. The monoisotopic (exact) mass is 342 g/mol. The molecule has 0 unspecified atom stereocenters. The third kappa shape index (κ3) is 3.93. The average molecular weight is 342 g/mol. The lowest BCUT2D eigenvalue weighted by Crippen LogP contribution is -2.40. The second-order valence-corrected chi connectivity index (χ2v) is 6.06. The van der Waals surface area contributed by atoms with Crippen molar-refractivity contribution >= 4 is 17.3 Å². The van der Waals surface area contributed by atoms with Gasteiger partial charge in [-0.1, -0.05) is 0 Å². The molecule has 7 heteroatoms. The van der Waals surface area contributed by atoms with E-state index < -0.39 is 4.92 Å². The highest BCUT2D eigenvalue weighted by atomic mass is 16.6. The Balaban J connectivity index is 1.74. The lowest BCUT2D eigenvalue weighted by Gasteiger charge is -2.13. The Morgan fingerprint density at radius 3 is 2.76 bits per heavy atom. The summed E-state index contributed by atoms with van der Waals surface area (Å²) in [5, 5.41) is 13.6. The highest BCUT2D eigenvalue weighted by Gasteiger charge is 2.18. The molecule has 0 saturated heterocycles. The zero-order valence-corrected chi connectivity index (χ0v) is 14.0. The number of amides is 1. The third-order valence-corrected chi connectivity index (χ3v) is 4.34. The minimum absolute atomic E-state index is 0.0995. The molecule has 1 aromatic carbocycles. The smallest absolute Gasteiger partial charge is 0.290 e. The van der Waals surface area contributed by atoms with Crippen LogP contribution in [0, 0.1) is 10.1 Å². The predicted octanol–water partition coefficient (Wildman–Crippen LogP) is 2.41. The van der Waals surface area contributed by atoms with Crippen molar-refractivity contribution < 1.29 is 19.0 Å². The quantitative estimate of drug-likeness (QED) is 0.514. The molecule has 1 amide bonds. The fourth-order valence-electron chi connectivity index (χ4n) is 3.08. The number of nitro groups is 1. The minimum Gasteiger partial charge on any atom is -0.495 e. The van der Waals surface area contributed by atoms with Gasteiger partial charge in [0, 0.05) is 23.8 Å². The van der Waals surface area contributed by atoms with Crippen LogP contribution in [0.4, 0.5) is 11.4 Å². The molecule has 1 aliphatic rings. The lowest BCUT2D eigenvalue weighted by atomic mass is 9.93. The maximum absolute atomic E-state index is 12.3. The van der Waals surface area contributed by atoms with Gasteiger partial charge < -0.3 is 10.1 Å². The number of anilines is 1. The summed E-state index contributed by atoms with van der Waals surface area (Å²) < 4.78 is 7.00. The number of carbonyl (C=O) groups excluding carboxylic acids is 1. The number of nitrogens with zero attached hydrogens (tertiary/aromatic N) is 2. The maximum atomic E-state index is 12.3. The number of nitrogens with one attached hydrogen (secondary N) is 1. The first-order valence-electron chi connectivity index (χ1n) is 8.20. The van der Waals surface area contributed by atoms with Gasteiger partial charge in [0.15, 0.2) is 12.4 Å². The number of ether oxygens (including phenoxy) is 1. The molecule has 0 fully saturated rings. The summed E-state index contributed by atoms with van der Waals surface area (Å²) in [4.78, 5) is 22.7. The Kier molecular flexibility index (Phi) is 4.92. The Hall–Kier alpha value is -2.96. The van der Waals surface area contributed by atoms with E-state index in [0.29, 0.717) is 11.4 Å². The standard InChI is InChI=1S/C18H19N3O4/c1-25-17-7-6-15(21(23)24)10-16(17)19-18(22)12-20-9-8-13-4-2-3-5-14(13)11-20/h6-11H,2-5,12H2,1H3/p+1. The summed E-state index contributed by atoms with van der Waals surface area (Å²) in [6, 6.07) is 6.18. The second-order valence-electron chi connectivity index (χ2n) is 6.06. The number of hydrogen-bond acceptors (Lipinski definition) is 4. The second kappa shape index (κ2) is 7.29. The van der Waals surface area contributed by atoms with E-state index in [1.807, 2.05) is 17.0 Å². The van der Waals surface area contributed by atoms with Gasteiger partial charge in [0.25, 0.3) is 11.6 Å². The van der Waals surface area contributed by atoms with Crippen molar-refractivity contribution in [3.8, 4) is 5.75 Å². The molecule has 0 aliphatic heterocycles. The summed E-state index contributed by atoms with van der Waals surface area (Å²) >= 11 is 0. The number of nitro benzene ring substituents is 1. The van der Waals surface area contributed by atoms with Crippen LogP contribution >= 0.6 is 0 Å². The molecule has 3 rings (SSSR count). The van der Waals surface area contributed by atoms with Crippen LogP contribution in [-0.4, -0.2) is 17.9 Å². The summed E-state index contributed by atoms with van der Waals surface area (Å²) in [5.74, 6) is 0.119. The summed E-state index contributed by atoms with van der Waals surface area (Å²) in [7, 11) is 1.45. The van der Waals surface area contributed by atoms with Crippen LogP contribution in [0.3, 0.4) is 0 Å². The molecule has 1 heterocycles. The minimum atomic E-state index is -0.507. The zero-order chi connectivity index (χ0) is 17.8. The van der Waals surface area contributed by atoms with Gasteiger partial charge >= 0.3 is 0 Å². The molecule has 0 radical (unpaired) electrons. The molecule has 130 valence electrons. The Bertz CT molecular complexity index is 820. The van der Waals surface area contributed by atoms with Crippen LogP contribution in [0.2, 0.25) is 0 Å². The van der Waals surface area contributed by atoms with E-state index in [2.05, 4.69) is 11.4 Å². The lowest BCUT2D eigenvalue weighted by molar-refractivity contribution is -0.684. The van der Waals surface area contributed by atoms with Gasteiger partial charge in [-0.15, -0.1) is 0 Å². The molecule has 1 aliphatic carbocycles. The maximum Gasteiger partial charge on any atom is 0.290 e. The number of benzene rings is 1. The number of aromatic nitrogens is 1. The fourth-order valence-corrected chi connectivity index (χ4v) is 3.08. The van der Waals surface area contributed by atoms with E-state index in [4.69, 9.17) is 4.74 Å². The van der Waals surface area contributed by atoms with Crippen molar-refractivity contribution in [3.63, 3.8) is 0 Å². The van der Waals surface area contributed by atoms with Crippen molar-refractivity contribution in [2.45, 2.75) is 32.2 Å². The molecule has 0 saturated carbocycles. The Labute approximate surface area is 145 Å². The predicted molar refractivity (Wildman–Crippen MR) is 91.6 cm³/mol. The van der Waals surface area contributed by atoms with Crippen molar-refractivity contribution in [3.05, 3.63) is 57.9 Å². The zero-order valence-electron chi connectivity index (χ0n) is 14.0. The largest absolute Gasteiger partial charge is 0.495 e. The highest BCUT2D eigenvalue weighted by molar-refractivity contribution is 5.91. The van der Waals surface area contributed by atoms with E-state index >= 15 is 0 Å². The molecular weight excluding hydrogens is 322 g/mol. The van der Waals surface area contributed by atoms with E-state index in [1.54, 1.807) is 0 Å². The molecule has 25 heavy (non-hydrogen) atoms. The highest BCUT2D eigenvalue weighted by Crippen LogP contribution is 2.28. The van der Waals surface area contributed by atoms with Crippen LogP contribution in [-0.2, 0) is 24.2 Å². The number of hydrogen-bond donors (Lipinski definition) is 1. The summed E-state index contributed by atoms with van der Waals surface area (Å²) in [6.45, 7) is 0.138. The number of carbonyl (C=O) groups is 1. The molecule has 1 N–H and O–H groups in total. The molecule has 7 nitrogen and oxygen atoms in total. The molecule has 2 aromatic rings. The molecule has 0 bridgehead atoms. The first kappa shape index (κ1) is 16.9. The molecule has 0 spiro atoms. The third-order valence-electron chi connectivity index (χ3n) is 4.34. The van der Waals surface area contributed by atoms with E-state index in [-0.39, 0.29) is 18.1 Å². The van der Waals surface area contributed by atoms with Crippen molar-refractivity contribution in [1.82, 2.24) is 0 Å². The van der Waals surface area contributed by atoms with Crippen molar-refractivity contribution in [1.29, 1.82) is 0 Å². The van der Waals surface area contributed by atoms with Crippen LogP contribution in [0.15, 0.2) is 36.7 Å². The number of fused-ring (bicyclic) bond motifs is 1. The molecule has 0 atom stereocenters. The van der Waals surface area contributed by atoms with Crippen LogP contribution in [0.25, 0.3) is 0 Å². The summed E-state index contributed by atoms with van der Waals surface area (Å²) in [5.41, 5.74) is 2.83. The van der Waals surface area contributed by atoms with E-state index in [9.17, 15) is 14.9 Å². The number of non-ortho nitro benzene ring substituents is 1. The Morgan fingerprint density at radius 2 is 2.04 bits per heavy atom. The Morgan fingerprint density at radius 1 is 1.28 bits per heavy atom. The van der Waals surface area contributed by atoms with Crippen molar-refractivity contribution in [2.75, 3.05) is 12.4 Å². The van der Waals surface area contributed by atoms with Crippen LogP contribution < -0.4 is 14.6 Å². The van der Waals surface area contributed by atoms with Gasteiger partial charge in [-0.2, -0.15) is 4.57 Å². The van der Waals surface area contributed by atoms with E-state index in [1.165, 1.54) is 49.3 Å². The van der Waals surface area contributed by atoms with Gasteiger partial charge in [-0.3, -0.25) is 14.9 Å². The van der Waals surface area contributed by atoms with Crippen LogP contribution in [0.5, 0.6) is 5.75 Å².